The van der Waals surface area contributed by atoms with Crippen LogP contribution in [0.2, 0.25) is 0 Å². The van der Waals surface area contributed by atoms with Gasteiger partial charge in [0.1, 0.15) is 18.1 Å². The third-order valence-electron chi connectivity index (χ3n) is 3.90. The van der Waals surface area contributed by atoms with Crippen LogP contribution in [0, 0.1) is 13.8 Å². The molecule has 0 amide bonds. The zero-order chi connectivity index (χ0) is 20.3. The summed E-state index contributed by atoms with van der Waals surface area (Å²) in [6.07, 6.45) is -1.30. The van der Waals surface area contributed by atoms with Gasteiger partial charge in [0.15, 0.2) is 5.16 Å². The topological polar surface area (TPSA) is 60.0 Å². The van der Waals surface area contributed by atoms with Gasteiger partial charge in [0.05, 0.1) is 16.7 Å². The van der Waals surface area contributed by atoms with E-state index in [1.165, 1.54) is 30.0 Å². The number of imidazole rings is 1. The molecule has 1 aromatic carbocycles. The number of nitrogens with one attached hydrogen (secondary N) is 1. The third-order valence-corrected chi connectivity index (χ3v) is 4.79. The Morgan fingerprint density at radius 1 is 1.29 bits per heavy atom. The summed E-state index contributed by atoms with van der Waals surface area (Å²) in [5.41, 5.74) is 3.74. The SMILES string of the molecule is C=CCOc1c(C)cnc(CSc2nc3cc(OC(F)(F)F)ccc3[nH]2)c1C. The summed E-state index contributed by atoms with van der Waals surface area (Å²) in [5.74, 6) is 1.01. The van der Waals surface area contributed by atoms with Gasteiger partial charge in [-0.2, -0.15) is 0 Å². The van der Waals surface area contributed by atoms with Gasteiger partial charge in [0.25, 0.3) is 0 Å². The van der Waals surface area contributed by atoms with Crippen LogP contribution >= 0.6 is 11.8 Å². The van der Waals surface area contributed by atoms with E-state index in [0.29, 0.717) is 28.5 Å². The number of thioether (sulfide) groups is 1. The molecule has 0 bridgehead atoms. The van der Waals surface area contributed by atoms with E-state index in [1.54, 1.807) is 12.3 Å². The van der Waals surface area contributed by atoms with Crippen LogP contribution in [0.25, 0.3) is 11.0 Å². The fourth-order valence-electron chi connectivity index (χ4n) is 2.63. The Labute approximate surface area is 164 Å². The maximum atomic E-state index is 12.4. The van der Waals surface area contributed by atoms with Crippen molar-refractivity contribution in [2.75, 3.05) is 6.61 Å². The Morgan fingerprint density at radius 2 is 2.07 bits per heavy atom. The fourth-order valence-corrected chi connectivity index (χ4v) is 3.54. The van der Waals surface area contributed by atoms with Gasteiger partial charge >= 0.3 is 6.36 Å². The van der Waals surface area contributed by atoms with Crippen LogP contribution in [0.5, 0.6) is 11.5 Å². The molecule has 148 valence electrons. The van der Waals surface area contributed by atoms with E-state index in [0.717, 1.165) is 22.6 Å². The molecule has 0 atom stereocenters. The number of hydrogen-bond donors (Lipinski definition) is 1. The number of ether oxygens (including phenoxy) is 2. The van der Waals surface area contributed by atoms with Crippen molar-refractivity contribution in [2.45, 2.75) is 31.1 Å². The van der Waals surface area contributed by atoms with Gasteiger partial charge in [0, 0.05) is 29.1 Å². The Morgan fingerprint density at radius 3 is 2.79 bits per heavy atom. The number of aromatic nitrogens is 3. The van der Waals surface area contributed by atoms with Gasteiger partial charge in [-0.15, -0.1) is 13.2 Å². The molecule has 5 nitrogen and oxygen atoms in total. The third kappa shape index (κ3) is 4.78. The quantitative estimate of drug-likeness (QED) is 0.422. The molecule has 28 heavy (non-hydrogen) atoms. The van der Waals surface area contributed by atoms with Gasteiger partial charge in [-0.25, -0.2) is 4.98 Å². The number of alkyl halides is 3. The molecule has 3 rings (SSSR count). The highest BCUT2D eigenvalue weighted by molar-refractivity contribution is 7.98. The first-order valence-electron chi connectivity index (χ1n) is 8.34. The highest BCUT2D eigenvalue weighted by Crippen LogP contribution is 2.31. The van der Waals surface area contributed by atoms with Crippen molar-refractivity contribution in [2.24, 2.45) is 0 Å². The van der Waals surface area contributed by atoms with Crippen molar-refractivity contribution in [3.05, 3.63) is 53.9 Å². The highest BCUT2D eigenvalue weighted by atomic mass is 32.2. The summed E-state index contributed by atoms with van der Waals surface area (Å²) in [7, 11) is 0. The number of benzene rings is 1. The second-order valence-electron chi connectivity index (χ2n) is 6.00. The summed E-state index contributed by atoms with van der Waals surface area (Å²) < 4.78 is 46.7. The van der Waals surface area contributed by atoms with E-state index in [-0.39, 0.29) is 5.75 Å². The van der Waals surface area contributed by atoms with Gasteiger partial charge in [0.2, 0.25) is 0 Å². The lowest BCUT2D eigenvalue weighted by Gasteiger charge is -2.13. The minimum atomic E-state index is -4.73. The smallest absolute Gasteiger partial charge is 0.489 e. The average Bonchev–Trinajstić information content (AvgIpc) is 3.01. The lowest BCUT2D eigenvalue weighted by molar-refractivity contribution is -0.274. The van der Waals surface area contributed by atoms with Gasteiger partial charge in [-0.1, -0.05) is 24.4 Å². The van der Waals surface area contributed by atoms with Gasteiger partial charge in [-0.05, 0) is 26.0 Å². The molecule has 0 saturated heterocycles. The Hall–Kier alpha value is -2.68. The highest BCUT2D eigenvalue weighted by Gasteiger charge is 2.31. The molecule has 0 aliphatic carbocycles. The van der Waals surface area contributed by atoms with Crippen LogP contribution in [0.3, 0.4) is 0 Å². The number of aromatic amines is 1. The van der Waals surface area contributed by atoms with E-state index in [9.17, 15) is 13.2 Å². The normalized spacial score (nSPS) is 11.6. The zero-order valence-corrected chi connectivity index (χ0v) is 16.1. The van der Waals surface area contributed by atoms with E-state index in [2.05, 4.69) is 26.3 Å². The number of aryl methyl sites for hydroxylation is 1. The number of rotatable bonds is 7. The predicted molar refractivity (Wildman–Crippen MR) is 102 cm³/mol. The number of nitrogens with zero attached hydrogens (tertiary/aromatic N) is 2. The van der Waals surface area contributed by atoms with Crippen LogP contribution in [0.4, 0.5) is 13.2 Å². The lowest BCUT2D eigenvalue weighted by atomic mass is 10.1. The van der Waals surface area contributed by atoms with Crippen molar-refractivity contribution in [3.8, 4) is 11.5 Å². The van der Waals surface area contributed by atoms with Gasteiger partial charge < -0.3 is 14.5 Å². The second kappa shape index (κ2) is 8.14. The summed E-state index contributed by atoms with van der Waals surface area (Å²) in [6, 6.07) is 4.00. The predicted octanol–water partition coefficient (Wildman–Crippen LogP) is 5.33. The minimum absolute atomic E-state index is 0.303. The van der Waals surface area contributed by atoms with Crippen molar-refractivity contribution in [3.63, 3.8) is 0 Å². The van der Waals surface area contributed by atoms with E-state index in [4.69, 9.17) is 4.74 Å². The van der Waals surface area contributed by atoms with Crippen LogP contribution in [-0.2, 0) is 5.75 Å². The van der Waals surface area contributed by atoms with Gasteiger partial charge in [-0.3, -0.25) is 4.98 Å². The molecule has 0 aliphatic rings. The molecule has 2 heterocycles. The van der Waals surface area contributed by atoms with Crippen molar-refractivity contribution in [1.82, 2.24) is 15.0 Å². The Balaban J connectivity index is 1.76. The zero-order valence-electron chi connectivity index (χ0n) is 15.3. The van der Waals surface area contributed by atoms with E-state index < -0.39 is 6.36 Å². The van der Waals surface area contributed by atoms with Crippen molar-refractivity contribution >= 4 is 22.8 Å². The average molecular weight is 409 g/mol. The molecular weight excluding hydrogens is 391 g/mol. The summed E-state index contributed by atoms with van der Waals surface area (Å²) in [4.78, 5) is 11.9. The first kappa shape index (κ1) is 20.1. The largest absolute Gasteiger partial charge is 0.573 e. The number of hydrogen-bond acceptors (Lipinski definition) is 5. The number of halogens is 3. The van der Waals surface area contributed by atoms with Crippen LogP contribution in [0.15, 0.2) is 42.2 Å². The van der Waals surface area contributed by atoms with Crippen molar-refractivity contribution in [1.29, 1.82) is 0 Å². The fraction of sp³-hybridized carbons (Fsp3) is 0.263. The van der Waals surface area contributed by atoms with Crippen LogP contribution < -0.4 is 9.47 Å². The van der Waals surface area contributed by atoms with Crippen LogP contribution in [0.1, 0.15) is 16.8 Å². The summed E-state index contributed by atoms with van der Waals surface area (Å²) >= 11 is 1.40. The maximum absolute atomic E-state index is 12.4. The first-order valence-corrected chi connectivity index (χ1v) is 9.32. The molecule has 2 aromatic heterocycles. The molecule has 0 spiro atoms. The van der Waals surface area contributed by atoms with Crippen molar-refractivity contribution < 1.29 is 22.6 Å². The first-order chi connectivity index (χ1) is 13.3. The Bertz CT molecular complexity index is 1000. The molecular formula is C19H18F3N3O2S. The summed E-state index contributed by atoms with van der Waals surface area (Å²) in [6.45, 7) is 7.92. The maximum Gasteiger partial charge on any atom is 0.573 e. The number of H-pyrrole nitrogens is 1. The number of pyridine rings is 1. The Kier molecular flexibility index (Phi) is 5.83. The monoisotopic (exact) mass is 409 g/mol. The molecule has 0 radical (unpaired) electrons. The molecule has 3 aromatic rings. The minimum Gasteiger partial charge on any atom is -0.489 e. The van der Waals surface area contributed by atoms with Crippen LogP contribution in [-0.4, -0.2) is 27.9 Å². The molecule has 9 heteroatoms. The standard InChI is InChI=1S/C19H18F3N3O2S/c1-4-7-26-17-11(2)9-23-16(12(17)3)10-28-18-24-14-6-5-13(8-15(14)25-18)27-19(20,21)22/h4-6,8-9H,1,7,10H2,2-3H3,(H,24,25). The molecule has 0 aliphatic heterocycles. The molecule has 1 N–H and O–H groups in total. The molecule has 0 saturated carbocycles. The molecule has 0 unspecified atom stereocenters. The van der Waals surface area contributed by atoms with E-state index >= 15 is 0 Å². The van der Waals surface area contributed by atoms with E-state index in [1.807, 2.05) is 13.8 Å². The summed E-state index contributed by atoms with van der Waals surface area (Å²) in [5, 5.41) is 0.578. The lowest BCUT2D eigenvalue weighted by Crippen LogP contribution is -2.16. The second-order valence-corrected chi connectivity index (χ2v) is 6.96. The number of fused-ring (bicyclic) bond motifs is 1. The molecule has 0 fully saturated rings.